The number of hydrogen-bond donors (Lipinski definition) is 2. The smallest absolute Gasteiger partial charge is 0.303 e. The minimum absolute atomic E-state index is 0.0264. The number of aromatic nitrogens is 1. The highest BCUT2D eigenvalue weighted by atomic mass is 35.5. The van der Waals surface area contributed by atoms with E-state index in [1.54, 1.807) is 6.20 Å². The Hall–Kier alpha value is -3.19. The standard InChI is InChI=1S/C30H31ClN2O4/c31-24-11-9-23(10-12-24)30(36)14-18-33(19-15-30)17-3-5-22-20-26-21(8-13-28(34)35)4-1-7-27(26)37-29-25(22)6-2-16-32-29/h1-2,4-7,9-12,16,20-21,36H,3,8,13-15,17-19H2,(H,34,35). The molecule has 1 unspecified atom stereocenters. The summed E-state index contributed by atoms with van der Waals surface area (Å²) in [7, 11) is 0. The monoisotopic (exact) mass is 518 g/mol. The highest BCUT2D eigenvalue weighted by Crippen LogP contribution is 2.39. The second-order valence-electron chi connectivity index (χ2n) is 9.84. The molecule has 1 aromatic heterocycles. The van der Waals surface area contributed by atoms with Gasteiger partial charge in [-0.25, -0.2) is 4.98 Å². The molecule has 1 aliphatic carbocycles. The zero-order valence-corrected chi connectivity index (χ0v) is 21.4. The summed E-state index contributed by atoms with van der Waals surface area (Å²) in [4.78, 5) is 18.1. The first-order valence-electron chi connectivity index (χ1n) is 12.8. The van der Waals surface area contributed by atoms with Gasteiger partial charge in [0.1, 0.15) is 5.76 Å². The Kier molecular flexibility index (Phi) is 7.60. The molecule has 192 valence electrons. The number of piperidine rings is 1. The van der Waals surface area contributed by atoms with Gasteiger partial charge in [0.2, 0.25) is 5.88 Å². The van der Waals surface area contributed by atoms with Crippen molar-refractivity contribution in [3.63, 3.8) is 0 Å². The Balaban J connectivity index is 1.29. The second-order valence-corrected chi connectivity index (χ2v) is 10.3. The van der Waals surface area contributed by atoms with E-state index in [2.05, 4.69) is 22.0 Å². The lowest BCUT2D eigenvalue weighted by Crippen LogP contribution is -2.42. The molecule has 6 nitrogen and oxygen atoms in total. The number of rotatable bonds is 7. The lowest BCUT2D eigenvalue weighted by molar-refractivity contribution is -0.137. The SMILES string of the molecule is O=C(O)CCC1C=CC=C2Oc3ncccc3C(=CCCN3CCC(O)(c4ccc(Cl)cc4)CC3)C=C21. The highest BCUT2D eigenvalue weighted by molar-refractivity contribution is 6.30. The predicted octanol–water partition coefficient (Wildman–Crippen LogP) is 5.75. The molecule has 2 aliphatic heterocycles. The lowest BCUT2D eigenvalue weighted by atomic mass is 9.84. The van der Waals surface area contributed by atoms with Crippen molar-refractivity contribution < 1.29 is 19.7 Å². The van der Waals surface area contributed by atoms with E-state index in [1.165, 1.54) is 0 Å². The van der Waals surface area contributed by atoms with Gasteiger partial charge < -0.3 is 19.8 Å². The largest absolute Gasteiger partial charge is 0.481 e. The topological polar surface area (TPSA) is 82.9 Å². The van der Waals surface area contributed by atoms with Gasteiger partial charge in [-0.1, -0.05) is 42.0 Å². The summed E-state index contributed by atoms with van der Waals surface area (Å²) in [6.07, 6.45) is 14.8. The molecular formula is C30H31ClN2O4. The maximum absolute atomic E-state index is 11.2. The molecule has 2 aromatic rings. The zero-order valence-electron chi connectivity index (χ0n) is 20.6. The van der Waals surface area contributed by atoms with Gasteiger partial charge in [-0.3, -0.25) is 4.79 Å². The van der Waals surface area contributed by atoms with Crippen molar-refractivity contribution in [2.24, 2.45) is 5.92 Å². The third kappa shape index (κ3) is 5.87. The Bertz CT molecular complexity index is 1270. The molecule has 1 aromatic carbocycles. The van der Waals surface area contributed by atoms with Crippen LogP contribution < -0.4 is 4.74 Å². The normalized spacial score (nSPS) is 21.8. The molecule has 1 saturated heterocycles. The van der Waals surface area contributed by atoms with Crippen molar-refractivity contribution in [2.75, 3.05) is 19.6 Å². The van der Waals surface area contributed by atoms with Crippen molar-refractivity contribution in [1.29, 1.82) is 0 Å². The van der Waals surface area contributed by atoms with Crippen LogP contribution in [0.15, 0.2) is 84.3 Å². The summed E-state index contributed by atoms with van der Waals surface area (Å²) in [5.74, 6) is 0.453. The summed E-state index contributed by atoms with van der Waals surface area (Å²) in [6.45, 7) is 2.52. The fourth-order valence-electron chi connectivity index (χ4n) is 5.27. The van der Waals surface area contributed by atoms with Crippen molar-refractivity contribution in [3.05, 3.63) is 100 Å². The van der Waals surface area contributed by atoms with Gasteiger partial charge in [0.05, 0.1) is 5.60 Å². The predicted molar refractivity (Wildman–Crippen MR) is 144 cm³/mol. The molecule has 2 N–H and O–H groups in total. The van der Waals surface area contributed by atoms with Crippen LogP contribution in [0.25, 0.3) is 5.57 Å². The number of fused-ring (bicyclic) bond motifs is 2. The number of allylic oxidation sites excluding steroid dienone is 6. The highest BCUT2D eigenvalue weighted by Gasteiger charge is 2.33. The maximum Gasteiger partial charge on any atom is 0.303 e. The van der Waals surface area contributed by atoms with Crippen molar-refractivity contribution in [1.82, 2.24) is 9.88 Å². The van der Waals surface area contributed by atoms with E-state index in [4.69, 9.17) is 16.3 Å². The number of aliphatic carboxylic acids is 1. The van der Waals surface area contributed by atoms with Crippen LogP contribution >= 0.6 is 11.6 Å². The lowest BCUT2D eigenvalue weighted by Gasteiger charge is -2.38. The molecule has 3 aliphatic rings. The van der Waals surface area contributed by atoms with E-state index in [-0.39, 0.29) is 12.3 Å². The van der Waals surface area contributed by atoms with Gasteiger partial charge in [-0.2, -0.15) is 0 Å². The molecule has 0 radical (unpaired) electrons. The van der Waals surface area contributed by atoms with Crippen molar-refractivity contribution in [3.8, 4) is 5.88 Å². The number of ether oxygens (including phenoxy) is 1. The third-order valence-corrected chi connectivity index (χ3v) is 7.67. The number of carbonyl (C=O) groups is 1. The first-order valence-corrected chi connectivity index (χ1v) is 13.2. The molecule has 0 bridgehead atoms. The number of aliphatic hydroxyl groups is 1. The second kappa shape index (κ2) is 11.1. The van der Waals surface area contributed by atoms with Crippen LogP contribution in [0.4, 0.5) is 0 Å². The minimum atomic E-state index is -0.810. The molecule has 37 heavy (non-hydrogen) atoms. The van der Waals surface area contributed by atoms with E-state index in [0.717, 1.165) is 54.1 Å². The molecule has 0 spiro atoms. The van der Waals surface area contributed by atoms with Gasteiger partial charge in [0.15, 0.2) is 0 Å². The quantitative estimate of drug-likeness (QED) is 0.486. The maximum atomic E-state index is 11.2. The van der Waals surface area contributed by atoms with Crippen molar-refractivity contribution in [2.45, 2.75) is 37.7 Å². The van der Waals surface area contributed by atoms with E-state index < -0.39 is 11.6 Å². The number of likely N-dealkylation sites (tertiary alicyclic amines) is 1. The number of pyridine rings is 1. The number of carboxylic acids is 1. The average Bonchev–Trinajstić information content (AvgIpc) is 3.06. The van der Waals surface area contributed by atoms with Crippen LogP contribution in [-0.2, 0) is 10.4 Å². The fraction of sp³-hybridized carbons (Fsp3) is 0.333. The van der Waals surface area contributed by atoms with Crippen LogP contribution in [0.3, 0.4) is 0 Å². The zero-order chi connectivity index (χ0) is 25.8. The van der Waals surface area contributed by atoms with Gasteiger partial charge in [0, 0.05) is 54.3 Å². The van der Waals surface area contributed by atoms with Gasteiger partial charge in [0.25, 0.3) is 0 Å². The summed E-state index contributed by atoms with van der Waals surface area (Å²) in [5, 5.41) is 21.1. The molecule has 5 rings (SSSR count). The summed E-state index contributed by atoms with van der Waals surface area (Å²) in [6, 6.07) is 11.4. The van der Waals surface area contributed by atoms with Crippen LogP contribution in [0.1, 0.15) is 43.2 Å². The molecule has 7 heteroatoms. The minimum Gasteiger partial charge on any atom is -0.481 e. The Morgan fingerprint density at radius 2 is 2.00 bits per heavy atom. The van der Waals surface area contributed by atoms with E-state index >= 15 is 0 Å². The summed E-state index contributed by atoms with van der Waals surface area (Å²) in [5.41, 5.74) is 3.06. The summed E-state index contributed by atoms with van der Waals surface area (Å²) >= 11 is 6.02. The molecule has 0 saturated carbocycles. The van der Waals surface area contributed by atoms with Crippen LogP contribution in [0, 0.1) is 5.92 Å². The molecule has 1 fully saturated rings. The Labute approximate surface area is 222 Å². The molecular weight excluding hydrogens is 488 g/mol. The Morgan fingerprint density at radius 1 is 1.22 bits per heavy atom. The van der Waals surface area contributed by atoms with E-state index in [9.17, 15) is 15.0 Å². The Morgan fingerprint density at radius 3 is 2.76 bits per heavy atom. The number of hydrogen-bond acceptors (Lipinski definition) is 5. The molecule has 3 heterocycles. The molecule has 0 amide bonds. The number of benzene rings is 1. The van der Waals surface area contributed by atoms with Gasteiger partial charge in [-0.15, -0.1) is 0 Å². The fourth-order valence-corrected chi connectivity index (χ4v) is 5.40. The number of nitrogens with zero attached hydrogens (tertiary/aromatic N) is 2. The van der Waals surface area contributed by atoms with E-state index in [1.807, 2.05) is 54.6 Å². The first kappa shape index (κ1) is 25.5. The van der Waals surface area contributed by atoms with Crippen molar-refractivity contribution >= 4 is 23.1 Å². The number of halogens is 1. The van der Waals surface area contributed by atoms with Crippen LogP contribution in [0.2, 0.25) is 5.02 Å². The van der Waals surface area contributed by atoms with Crippen LogP contribution in [-0.4, -0.2) is 45.7 Å². The average molecular weight is 519 g/mol. The van der Waals surface area contributed by atoms with Gasteiger partial charge in [-0.05, 0) is 73.2 Å². The molecule has 1 atom stereocenters. The summed E-state index contributed by atoms with van der Waals surface area (Å²) < 4.78 is 6.19. The number of carboxylic acid groups (broad SMARTS) is 1. The van der Waals surface area contributed by atoms with E-state index in [0.29, 0.717) is 30.2 Å². The van der Waals surface area contributed by atoms with Gasteiger partial charge >= 0.3 is 5.97 Å². The van der Waals surface area contributed by atoms with Crippen LogP contribution in [0.5, 0.6) is 5.88 Å². The third-order valence-electron chi connectivity index (χ3n) is 7.42. The first-order chi connectivity index (χ1) is 17.9.